The molecule has 1 aliphatic rings. The highest BCUT2D eigenvalue weighted by molar-refractivity contribution is 5.39. The van der Waals surface area contributed by atoms with Crippen molar-refractivity contribution in [1.29, 1.82) is 0 Å². The Balaban J connectivity index is 1.73. The van der Waals surface area contributed by atoms with Gasteiger partial charge in [-0.15, -0.1) is 0 Å². The number of ether oxygens (including phenoxy) is 1. The molecule has 1 heterocycles. The number of hydrogen-bond acceptors (Lipinski definition) is 3. The van der Waals surface area contributed by atoms with Crippen molar-refractivity contribution in [2.75, 3.05) is 0 Å². The molecule has 20 heavy (non-hydrogen) atoms. The molecule has 0 saturated heterocycles. The van der Waals surface area contributed by atoms with Crippen LogP contribution >= 0.6 is 0 Å². The second-order valence-electron chi connectivity index (χ2n) is 5.28. The molecule has 0 fully saturated rings. The van der Waals surface area contributed by atoms with Gasteiger partial charge in [0, 0.05) is 25.0 Å². The molecule has 2 aromatic rings. The zero-order valence-electron chi connectivity index (χ0n) is 11.9. The number of nitrogens with two attached hydrogens (primary N) is 1. The topological polar surface area (TPSA) is 53.1 Å². The Morgan fingerprint density at radius 2 is 2.35 bits per heavy atom. The lowest BCUT2D eigenvalue weighted by atomic mass is 9.88. The van der Waals surface area contributed by atoms with Gasteiger partial charge in [0.25, 0.3) is 0 Å². The number of rotatable bonds is 4. The summed E-state index contributed by atoms with van der Waals surface area (Å²) >= 11 is 0. The normalized spacial score (nSPS) is 17.8. The fraction of sp³-hybridized carbons (Fsp3) is 0.438. The minimum atomic E-state index is 0.153. The molecule has 2 N–H and O–H groups in total. The van der Waals surface area contributed by atoms with E-state index in [9.17, 15) is 0 Å². The average Bonchev–Trinajstić information content (AvgIpc) is 2.93. The van der Waals surface area contributed by atoms with Crippen LogP contribution in [0.1, 0.15) is 42.8 Å². The summed E-state index contributed by atoms with van der Waals surface area (Å²) < 4.78 is 7.96. The number of nitrogens with zero attached hydrogens (tertiary/aromatic N) is 2. The van der Waals surface area contributed by atoms with Gasteiger partial charge in [0.15, 0.2) is 0 Å². The van der Waals surface area contributed by atoms with Crippen LogP contribution in [0.5, 0.6) is 5.75 Å². The zero-order valence-corrected chi connectivity index (χ0v) is 11.9. The molecule has 1 aliphatic carbocycles. The van der Waals surface area contributed by atoms with Crippen molar-refractivity contribution in [1.82, 2.24) is 9.55 Å². The van der Waals surface area contributed by atoms with Crippen LogP contribution in [0.25, 0.3) is 0 Å². The smallest absolute Gasteiger partial charge is 0.146 e. The van der Waals surface area contributed by atoms with Gasteiger partial charge in [-0.2, -0.15) is 0 Å². The summed E-state index contributed by atoms with van der Waals surface area (Å²) in [7, 11) is 0. The molecule has 0 radical (unpaired) electrons. The molecular weight excluding hydrogens is 250 g/mol. The second-order valence-corrected chi connectivity index (χ2v) is 5.28. The first-order chi connectivity index (χ1) is 9.78. The number of imidazole rings is 1. The summed E-state index contributed by atoms with van der Waals surface area (Å²) in [6.07, 6.45) is 7.16. The summed E-state index contributed by atoms with van der Waals surface area (Å²) in [6.45, 7) is 3.51. The number of fused-ring (bicyclic) bond motifs is 1. The first kappa shape index (κ1) is 13.2. The summed E-state index contributed by atoms with van der Waals surface area (Å²) in [6, 6.07) is 6.43. The van der Waals surface area contributed by atoms with Crippen LogP contribution in [-0.2, 0) is 19.6 Å². The first-order valence-corrected chi connectivity index (χ1v) is 7.29. The molecule has 4 nitrogen and oxygen atoms in total. The molecule has 1 aromatic heterocycles. The molecule has 1 atom stereocenters. The molecule has 3 rings (SSSR count). The van der Waals surface area contributed by atoms with Gasteiger partial charge in [-0.1, -0.05) is 6.07 Å². The van der Waals surface area contributed by atoms with Gasteiger partial charge in [0.1, 0.15) is 18.2 Å². The van der Waals surface area contributed by atoms with E-state index in [1.54, 1.807) is 0 Å². The largest absolute Gasteiger partial charge is 0.486 e. The van der Waals surface area contributed by atoms with Gasteiger partial charge in [0.2, 0.25) is 0 Å². The lowest BCUT2D eigenvalue weighted by molar-refractivity contribution is 0.289. The van der Waals surface area contributed by atoms with Gasteiger partial charge in [-0.05, 0) is 49.4 Å². The maximum Gasteiger partial charge on any atom is 0.146 e. The third kappa shape index (κ3) is 2.56. The van der Waals surface area contributed by atoms with Gasteiger partial charge >= 0.3 is 0 Å². The van der Waals surface area contributed by atoms with Crippen molar-refractivity contribution >= 4 is 0 Å². The highest BCUT2D eigenvalue weighted by atomic mass is 16.5. The van der Waals surface area contributed by atoms with E-state index < -0.39 is 0 Å². The van der Waals surface area contributed by atoms with Crippen molar-refractivity contribution in [3.8, 4) is 5.75 Å². The van der Waals surface area contributed by atoms with Crippen molar-refractivity contribution < 1.29 is 4.74 Å². The van der Waals surface area contributed by atoms with Crippen LogP contribution in [0.3, 0.4) is 0 Å². The Labute approximate surface area is 119 Å². The SMILES string of the molecule is CCn1ccnc1COc1ccc2c(c1)[C@@H](N)CCC2. The maximum atomic E-state index is 6.18. The third-order valence-corrected chi connectivity index (χ3v) is 3.99. The van der Waals surface area contributed by atoms with E-state index in [1.165, 1.54) is 17.5 Å². The minimum Gasteiger partial charge on any atom is -0.486 e. The number of aromatic nitrogens is 2. The van der Waals surface area contributed by atoms with Crippen molar-refractivity contribution in [2.24, 2.45) is 5.73 Å². The van der Waals surface area contributed by atoms with E-state index in [1.807, 2.05) is 18.5 Å². The van der Waals surface area contributed by atoms with Gasteiger partial charge in [-0.3, -0.25) is 0 Å². The molecule has 1 aromatic carbocycles. The van der Waals surface area contributed by atoms with Crippen molar-refractivity contribution in [3.63, 3.8) is 0 Å². The summed E-state index contributed by atoms with van der Waals surface area (Å²) in [5, 5.41) is 0. The van der Waals surface area contributed by atoms with Crippen molar-refractivity contribution in [3.05, 3.63) is 47.5 Å². The van der Waals surface area contributed by atoms with E-state index in [2.05, 4.69) is 28.6 Å². The van der Waals surface area contributed by atoms with E-state index in [-0.39, 0.29) is 6.04 Å². The third-order valence-electron chi connectivity index (χ3n) is 3.99. The predicted octanol–water partition coefficient (Wildman–Crippen LogP) is 2.82. The van der Waals surface area contributed by atoms with Crippen LogP contribution in [0.2, 0.25) is 0 Å². The van der Waals surface area contributed by atoms with E-state index >= 15 is 0 Å². The van der Waals surface area contributed by atoms with Crippen LogP contribution in [0.15, 0.2) is 30.6 Å². The van der Waals surface area contributed by atoms with Crippen LogP contribution < -0.4 is 10.5 Å². The van der Waals surface area contributed by atoms with Crippen LogP contribution in [0, 0.1) is 0 Å². The summed E-state index contributed by atoms with van der Waals surface area (Å²) in [5.74, 6) is 1.83. The quantitative estimate of drug-likeness (QED) is 0.930. The molecule has 106 valence electrons. The Morgan fingerprint density at radius 3 is 3.20 bits per heavy atom. The summed E-state index contributed by atoms with van der Waals surface area (Å²) in [5.41, 5.74) is 8.79. The van der Waals surface area contributed by atoms with Gasteiger partial charge in [0.05, 0.1) is 0 Å². The molecule has 0 amide bonds. The molecule has 0 unspecified atom stereocenters. The Morgan fingerprint density at radius 1 is 1.45 bits per heavy atom. The maximum absolute atomic E-state index is 6.18. The Bertz CT molecular complexity index is 591. The van der Waals surface area contributed by atoms with Gasteiger partial charge < -0.3 is 15.0 Å². The number of hydrogen-bond donors (Lipinski definition) is 1. The van der Waals surface area contributed by atoms with E-state index in [0.29, 0.717) is 6.61 Å². The molecule has 0 saturated carbocycles. The fourth-order valence-corrected chi connectivity index (χ4v) is 2.82. The van der Waals surface area contributed by atoms with Crippen LogP contribution in [0.4, 0.5) is 0 Å². The Kier molecular flexibility index (Phi) is 3.74. The molecule has 0 aliphatic heterocycles. The molecule has 0 bridgehead atoms. The van der Waals surface area contributed by atoms with E-state index in [4.69, 9.17) is 10.5 Å². The highest BCUT2D eigenvalue weighted by Crippen LogP contribution is 2.31. The minimum absolute atomic E-state index is 0.153. The fourth-order valence-electron chi connectivity index (χ4n) is 2.82. The standard InChI is InChI=1S/C16H21N3O/c1-2-19-9-8-18-16(19)11-20-13-7-6-12-4-3-5-15(17)14(12)10-13/h6-10,15H,2-5,11,17H2,1H3/t15-/m0/s1. The highest BCUT2D eigenvalue weighted by Gasteiger charge is 2.17. The lowest BCUT2D eigenvalue weighted by Crippen LogP contribution is -2.17. The molecular formula is C16H21N3O. The second kappa shape index (κ2) is 5.67. The van der Waals surface area contributed by atoms with Crippen LogP contribution in [-0.4, -0.2) is 9.55 Å². The first-order valence-electron chi connectivity index (χ1n) is 7.29. The average molecular weight is 271 g/mol. The lowest BCUT2D eigenvalue weighted by Gasteiger charge is -2.22. The predicted molar refractivity (Wildman–Crippen MR) is 78.5 cm³/mol. The van der Waals surface area contributed by atoms with Gasteiger partial charge in [-0.25, -0.2) is 4.98 Å². The molecule has 4 heteroatoms. The van der Waals surface area contributed by atoms with E-state index in [0.717, 1.165) is 31.0 Å². The Hall–Kier alpha value is -1.81. The molecule has 0 spiro atoms. The number of benzene rings is 1. The zero-order chi connectivity index (χ0) is 13.9. The monoisotopic (exact) mass is 271 g/mol. The summed E-state index contributed by atoms with van der Waals surface area (Å²) in [4.78, 5) is 4.32. The number of aryl methyl sites for hydroxylation is 2. The van der Waals surface area contributed by atoms with Crippen molar-refractivity contribution in [2.45, 2.75) is 45.4 Å².